The van der Waals surface area contributed by atoms with Gasteiger partial charge in [-0.25, -0.2) is 0 Å². The first-order valence-electron chi connectivity index (χ1n) is 7.33. The molecule has 2 aromatic carbocycles. The molecule has 0 saturated carbocycles. The van der Waals surface area contributed by atoms with Crippen molar-refractivity contribution in [3.8, 4) is 29.1 Å². The molecular weight excluding hydrogens is 308 g/mol. The molecule has 0 spiro atoms. The maximum Gasteiger partial charge on any atom is 0.203 e. The number of hydrogen-bond acceptors (Lipinski definition) is 5. The van der Waals surface area contributed by atoms with Crippen LogP contribution in [-0.4, -0.2) is 31.5 Å². The first-order valence-corrected chi connectivity index (χ1v) is 7.33. The first kappa shape index (κ1) is 17.7. The summed E-state index contributed by atoms with van der Waals surface area (Å²) >= 11 is 0. The molecule has 0 bridgehead atoms. The number of aliphatic hydroxyl groups excluding tert-OH is 2. The van der Waals surface area contributed by atoms with Gasteiger partial charge < -0.3 is 24.4 Å². The zero-order valence-electron chi connectivity index (χ0n) is 13.8. The van der Waals surface area contributed by atoms with Gasteiger partial charge in [0.1, 0.15) is 12.2 Å². The van der Waals surface area contributed by atoms with E-state index in [9.17, 15) is 10.2 Å². The highest BCUT2D eigenvalue weighted by Crippen LogP contribution is 2.41. The fourth-order valence-electron chi connectivity index (χ4n) is 2.29. The third kappa shape index (κ3) is 3.80. The lowest BCUT2D eigenvalue weighted by atomic mass is 10.1. The molecular formula is C19H20O5. The van der Waals surface area contributed by atoms with E-state index in [1.54, 1.807) is 24.3 Å². The van der Waals surface area contributed by atoms with Crippen LogP contribution in [0.25, 0.3) is 0 Å². The number of ether oxygens (including phenoxy) is 3. The molecule has 0 aliphatic rings. The quantitative estimate of drug-likeness (QED) is 0.826. The van der Waals surface area contributed by atoms with Gasteiger partial charge in [0, 0.05) is 5.56 Å². The molecule has 2 rings (SSSR count). The zero-order chi connectivity index (χ0) is 17.5. The molecule has 0 heterocycles. The average Bonchev–Trinajstić information content (AvgIpc) is 2.64. The van der Waals surface area contributed by atoms with E-state index in [1.807, 2.05) is 18.2 Å². The summed E-state index contributed by atoms with van der Waals surface area (Å²) in [6.07, 6.45) is -2.12. The van der Waals surface area contributed by atoms with Gasteiger partial charge in [-0.05, 0) is 17.7 Å². The Balaban J connectivity index is 2.31. The van der Waals surface area contributed by atoms with E-state index in [1.165, 1.54) is 21.3 Å². The molecule has 0 aliphatic carbocycles. The van der Waals surface area contributed by atoms with Crippen LogP contribution in [0.1, 0.15) is 23.3 Å². The molecule has 5 nitrogen and oxygen atoms in total. The Morgan fingerprint density at radius 3 is 1.96 bits per heavy atom. The van der Waals surface area contributed by atoms with Crippen LogP contribution in [0.2, 0.25) is 0 Å². The van der Waals surface area contributed by atoms with Crippen LogP contribution in [0.3, 0.4) is 0 Å². The molecule has 0 saturated heterocycles. The number of rotatable bonds is 5. The van der Waals surface area contributed by atoms with Crippen molar-refractivity contribution in [3.63, 3.8) is 0 Å². The minimum Gasteiger partial charge on any atom is -0.493 e. The minimum atomic E-state index is -1.14. The summed E-state index contributed by atoms with van der Waals surface area (Å²) in [6, 6.07) is 12.3. The fourth-order valence-corrected chi connectivity index (χ4v) is 2.29. The molecule has 0 aromatic heterocycles. The van der Waals surface area contributed by atoms with Crippen molar-refractivity contribution in [3.05, 3.63) is 53.6 Å². The first-order chi connectivity index (χ1) is 11.6. The Kier molecular flexibility index (Phi) is 6.07. The van der Waals surface area contributed by atoms with E-state index in [-0.39, 0.29) is 0 Å². The highest BCUT2D eigenvalue weighted by atomic mass is 16.5. The smallest absolute Gasteiger partial charge is 0.203 e. The number of aliphatic hydroxyl groups is 2. The van der Waals surface area contributed by atoms with Gasteiger partial charge in [0.25, 0.3) is 0 Å². The van der Waals surface area contributed by atoms with Crippen molar-refractivity contribution in [1.29, 1.82) is 0 Å². The zero-order valence-corrected chi connectivity index (χ0v) is 13.8. The molecule has 0 aliphatic heterocycles. The lowest BCUT2D eigenvalue weighted by molar-refractivity contribution is 0.222. The lowest BCUT2D eigenvalue weighted by Crippen LogP contribution is -2.03. The summed E-state index contributed by atoms with van der Waals surface area (Å²) < 4.78 is 15.8. The monoisotopic (exact) mass is 328 g/mol. The molecule has 0 amide bonds. The van der Waals surface area contributed by atoms with Gasteiger partial charge >= 0.3 is 0 Å². The number of methoxy groups -OCH3 is 3. The largest absolute Gasteiger partial charge is 0.493 e. The van der Waals surface area contributed by atoms with E-state index in [2.05, 4.69) is 11.8 Å². The third-order valence-corrected chi connectivity index (χ3v) is 3.50. The Morgan fingerprint density at radius 2 is 1.38 bits per heavy atom. The van der Waals surface area contributed by atoms with Gasteiger partial charge in [-0.3, -0.25) is 0 Å². The van der Waals surface area contributed by atoms with Crippen LogP contribution >= 0.6 is 0 Å². The Labute approximate surface area is 141 Å². The highest BCUT2D eigenvalue weighted by molar-refractivity contribution is 5.57. The normalized spacial score (nSPS) is 12.5. The Bertz CT molecular complexity index is 731. The second-order valence-corrected chi connectivity index (χ2v) is 4.93. The molecule has 0 fully saturated rings. The summed E-state index contributed by atoms with van der Waals surface area (Å²) in [4.78, 5) is 0. The summed E-state index contributed by atoms with van der Waals surface area (Å²) in [5.41, 5.74) is 1.10. The molecule has 2 N–H and O–H groups in total. The molecule has 5 heteroatoms. The third-order valence-electron chi connectivity index (χ3n) is 3.50. The predicted molar refractivity (Wildman–Crippen MR) is 90.2 cm³/mol. The van der Waals surface area contributed by atoms with E-state index in [0.717, 1.165) is 0 Å². The molecule has 2 unspecified atom stereocenters. The van der Waals surface area contributed by atoms with Crippen molar-refractivity contribution in [2.24, 2.45) is 0 Å². The van der Waals surface area contributed by atoms with Crippen molar-refractivity contribution in [1.82, 2.24) is 0 Å². The Morgan fingerprint density at radius 1 is 0.750 bits per heavy atom. The van der Waals surface area contributed by atoms with E-state index >= 15 is 0 Å². The summed E-state index contributed by atoms with van der Waals surface area (Å²) in [6.45, 7) is 0. The van der Waals surface area contributed by atoms with Crippen LogP contribution in [0.5, 0.6) is 17.2 Å². The Hall–Kier alpha value is -2.68. The van der Waals surface area contributed by atoms with Gasteiger partial charge in [-0.15, -0.1) is 0 Å². The van der Waals surface area contributed by atoms with Crippen LogP contribution in [0.15, 0.2) is 42.5 Å². The maximum absolute atomic E-state index is 10.4. The second-order valence-electron chi connectivity index (χ2n) is 4.93. The average molecular weight is 328 g/mol. The van der Waals surface area contributed by atoms with Gasteiger partial charge in [-0.1, -0.05) is 42.2 Å². The number of benzene rings is 2. The van der Waals surface area contributed by atoms with Gasteiger partial charge in [0.2, 0.25) is 5.75 Å². The standard InChI is InChI=1S/C19H20O5/c1-22-17-12-9-14(18(23-2)19(17)24-3)16(21)11-10-15(20)13-7-5-4-6-8-13/h4-9,12,15-16,20-21H,1-3H3. The SMILES string of the molecule is COc1ccc(C(O)C#CC(O)c2ccccc2)c(OC)c1OC. The summed E-state index contributed by atoms with van der Waals surface area (Å²) in [7, 11) is 4.48. The summed E-state index contributed by atoms with van der Waals surface area (Å²) in [5.74, 6) is 6.49. The second kappa shape index (κ2) is 8.25. The predicted octanol–water partition coefficient (Wildman–Crippen LogP) is 2.48. The molecule has 0 radical (unpaired) electrons. The molecule has 24 heavy (non-hydrogen) atoms. The van der Waals surface area contributed by atoms with Gasteiger partial charge in [-0.2, -0.15) is 0 Å². The number of hydrogen-bond donors (Lipinski definition) is 2. The van der Waals surface area contributed by atoms with Crippen molar-refractivity contribution in [2.45, 2.75) is 12.2 Å². The molecule has 126 valence electrons. The van der Waals surface area contributed by atoms with Gasteiger partial charge in [0.05, 0.1) is 21.3 Å². The highest BCUT2D eigenvalue weighted by Gasteiger charge is 2.19. The maximum atomic E-state index is 10.4. The van der Waals surface area contributed by atoms with Crippen LogP contribution < -0.4 is 14.2 Å². The van der Waals surface area contributed by atoms with E-state index in [4.69, 9.17) is 14.2 Å². The van der Waals surface area contributed by atoms with Crippen molar-refractivity contribution < 1.29 is 24.4 Å². The fraction of sp³-hybridized carbons (Fsp3) is 0.263. The van der Waals surface area contributed by atoms with Crippen LogP contribution in [-0.2, 0) is 0 Å². The lowest BCUT2D eigenvalue weighted by Gasteiger charge is -2.16. The van der Waals surface area contributed by atoms with Crippen molar-refractivity contribution in [2.75, 3.05) is 21.3 Å². The van der Waals surface area contributed by atoms with Gasteiger partial charge in [0.15, 0.2) is 11.5 Å². The van der Waals surface area contributed by atoms with Crippen molar-refractivity contribution >= 4 is 0 Å². The minimum absolute atomic E-state index is 0.341. The van der Waals surface area contributed by atoms with Crippen LogP contribution in [0.4, 0.5) is 0 Å². The van der Waals surface area contributed by atoms with E-state index < -0.39 is 12.2 Å². The topological polar surface area (TPSA) is 68.2 Å². The van der Waals surface area contributed by atoms with Crippen LogP contribution in [0, 0.1) is 11.8 Å². The summed E-state index contributed by atoms with van der Waals surface area (Å²) in [5, 5.41) is 20.4. The molecule has 2 aromatic rings. The molecule has 2 atom stereocenters. The van der Waals surface area contributed by atoms with E-state index in [0.29, 0.717) is 28.4 Å².